The van der Waals surface area contributed by atoms with Gasteiger partial charge in [0.1, 0.15) is 5.75 Å². The number of para-hydroxylation sites is 1. The second kappa shape index (κ2) is 6.08. The predicted molar refractivity (Wildman–Crippen MR) is 97.9 cm³/mol. The van der Waals surface area contributed by atoms with Gasteiger partial charge in [0.25, 0.3) is 5.91 Å². The maximum atomic E-state index is 12.4. The van der Waals surface area contributed by atoms with E-state index in [4.69, 9.17) is 4.74 Å². The Labute approximate surface area is 148 Å². The van der Waals surface area contributed by atoms with Crippen LogP contribution in [0.1, 0.15) is 22.3 Å². The monoisotopic (exact) mass is 337 g/mol. The van der Waals surface area contributed by atoms with Crippen molar-refractivity contribution in [3.63, 3.8) is 0 Å². The molecule has 1 atom stereocenters. The summed E-state index contributed by atoms with van der Waals surface area (Å²) in [5.74, 6) is 0.641. The van der Waals surface area contributed by atoms with Gasteiger partial charge >= 0.3 is 0 Å². The average Bonchev–Trinajstić information content (AvgIpc) is 2.97. The normalized spacial score (nSPS) is 22.4. The van der Waals surface area contributed by atoms with Gasteiger partial charge in [0.15, 0.2) is 5.72 Å². The number of carbonyl (C=O) groups excluding carboxylic acids is 1. The molecule has 0 aliphatic carbocycles. The molecule has 2 heterocycles. The van der Waals surface area contributed by atoms with Crippen molar-refractivity contribution in [2.75, 3.05) is 32.1 Å². The van der Waals surface area contributed by atoms with E-state index >= 15 is 0 Å². The third kappa shape index (κ3) is 3.07. The van der Waals surface area contributed by atoms with Gasteiger partial charge in [0, 0.05) is 39.3 Å². The van der Waals surface area contributed by atoms with E-state index in [1.54, 1.807) is 6.07 Å². The summed E-state index contributed by atoms with van der Waals surface area (Å²) in [6.45, 7) is 2.46. The Hall–Kier alpha value is -2.53. The number of ether oxygens (including phenoxy) is 1. The van der Waals surface area contributed by atoms with Crippen LogP contribution >= 0.6 is 0 Å². The van der Waals surface area contributed by atoms with Crippen molar-refractivity contribution in [1.82, 2.24) is 10.2 Å². The van der Waals surface area contributed by atoms with E-state index in [1.807, 2.05) is 32.3 Å². The number of fused-ring (bicyclic) bond motifs is 1. The van der Waals surface area contributed by atoms with Gasteiger partial charge in [-0.1, -0.05) is 24.3 Å². The van der Waals surface area contributed by atoms with E-state index < -0.39 is 5.72 Å². The molecule has 1 N–H and O–H groups in total. The smallest absolute Gasteiger partial charge is 0.258 e. The molecule has 1 fully saturated rings. The molecule has 130 valence electrons. The maximum Gasteiger partial charge on any atom is 0.258 e. The molecule has 1 unspecified atom stereocenters. The van der Waals surface area contributed by atoms with Crippen molar-refractivity contribution in [2.24, 2.45) is 0 Å². The zero-order chi connectivity index (χ0) is 17.4. The Morgan fingerprint density at radius 1 is 1.16 bits per heavy atom. The minimum Gasteiger partial charge on any atom is -0.466 e. The Balaban J connectivity index is 1.46. The summed E-state index contributed by atoms with van der Waals surface area (Å²) in [6.07, 6.45) is 0.794. The van der Waals surface area contributed by atoms with Gasteiger partial charge in [-0.3, -0.25) is 9.69 Å². The minimum atomic E-state index is -0.602. The topological polar surface area (TPSA) is 44.8 Å². The van der Waals surface area contributed by atoms with Crippen LogP contribution in [0, 0.1) is 0 Å². The van der Waals surface area contributed by atoms with Crippen LogP contribution in [0.4, 0.5) is 5.69 Å². The van der Waals surface area contributed by atoms with Crippen LogP contribution in [0.3, 0.4) is 0 Å². The lowest BCUT2D eigenvalue weighted by Gasteiger charge is -2.36. The number of carbonyl (C=O) groups is 1. The first-order chi connectivity index (χ1) is 12.0. The summed E-state index contributed by atoms with van der Waals surface area (Å²) in [7, 11) is 4.08. The van der Waals surface area contributed by atoms with E-state index in [-0.39, 0.29) is 5.91 Å². The van der Waals surface area contributed by atoms with E-state index in [0.29, 0.717) is 17.9 Å². The van der Waals surface area contributed by atoms with Gasteiger partial charge in [0.2, 0.25) is 0 Å². The largest absolute Gasteiger partial charge is 0.466 e. The van der Waals surface area contributed by atoms with Crippen molar-refractivity contribution in [2.45, 2.75) is 18.7 Å². The number of nitrogens with zero attached hydrogens (tertiary/aromatic N) is 2. The summed E-state index contributed by atoms with van der Waals surface area (Å²) < 4.78 is 6.19. The molecule has 2 aliphatic rings. The summed E-state index contributed by atoms with van der Waals surface area (Å²) in [6, 6.07) is 16.0. The number of nitrogens with one attached hydrogen (secondary N) is 1. The van der Waals surface area contributed by atoms with Gasteiger partial charge in [-0.05, 0) is 29.8 Å². The van der Waals surface area contributed by atoms with Crippen LogP contribution in [0.2, 0.25) is 0 Å². The number of likely N-dealkylation sites (tertiary alicyclic amines) is 1. The van der Waals surface area contributed by atoms with E-state index in [2.05, 4.69) is 39.4 Å². The number of hydrogen-bond donors (Lipinski definition) is 1. The summed E-state index contributed by atoms with van der Waals surface area (Å²) >= 11 is 0. The molecule has 2 aromatic rings. The second-order valence-corrected chi connectivity index (χ2v) is 7.07. The zero-order valence-corrected chi connectivity index (χ0v) is 14.7. The predicted octanol–water partition coefficient (Wildman–Crippen LogP) is 2.48. The highest BCUT2D eigenvalue weighted by Crippen LogP contribution is 2.33. The first kappa shape index (κ1) is 16.0. The Morgan fingerprint density at radius 2 is 1.92 bits per heavy atom. The molecule has 1 amide bonds. The zero-order valence-electron chi connectivity index (χ0n) is 14.7. The van der Waals surface area contributed by atoms with Crippen LogP contribution in [0.5, 0.6) is 5.75 Å². The molecule has 2 aliphatic heterocycles. The lowest BCUT2D eigenvalue weighted by atomic mass is 10.1. The van der Waals surface area contributed by atoms with Gasteiger partial charge in [-0.25, -0.2) is 0 Å². The lowest BCUT2D eigenvalue weighted by molar-refractivity contribution is 0.0246. The molecule has 0 aromatic heterocycles. The second-order valence-electron chi connectivity index (χ2n) is 7.07. The average molecular weight is 337 g/mol. The molecular weight excluding hydrogens is 314 g/mol. The van der Waals surface area contributed by atoms with E-state index in [0.717, 1.165) is 19.5 Å². The molecule has 5 heteroatoms. The molecule has 0 saturated carbocycles. The van der Waals surface area contributed by atoms with Crippen molar-refractivity contribution >= 4 is 11.6 Å². The van der Waals surface area contributed by atoms with Crippen molar-refractivity contribution < 1.29 is 9.53 Å². The first-order valence-corrected chi connectivity index (χ1v) is 8.64. The summed E-state index contributed by atoms with van der Waals surface area (Å²) in [5.41, 5.74) is 2.48. The van der Waals surface area contributed by atoms with Crippen molar-refractivity contribution in [1.29, 1.82) is 0 Å². The van der Waals surface area contributed by atoms with E-state index in [1.165, 1.54) is 11.3 Å². The Morgan fingerprint density at radius 3 is 2.68 bits per heavy atom. The van der Waals surface area contributed by atoms with Crippen LogP contribution < -0.4 is 15.0 Å². The summed E-state index contributed by atoms with van der Waals surface area (Å²) in [4.78, 5) is 16.8. The minimum absolute atomic E-state index is 0.0426. The molecule has 1 spiro atoms. The van der Waals surface area contributed by atoms with E-state index in [9.17, 15) is 4.79 Å². The molecule has 25 heavy (non-hydrogen) atoms. The summed E-state index contributed by atoms with van der Waals surface area (Å²) in [5, 5.41) is 3.08. The van der Waals surface area contributed by atoms with Crippen LogP contribution in [0.25, 0.3) is 0 Å². The third-order valence-corrected chi connectivity index (χ3v) is 4.95. The van der Waals surface area contributed by atoms with Gasteiger partial charge in [-0.2, -0.15) is 0 Å². The van der Waals surface area contributed by atoms with Crippen molar-refractivity contribution in [3.05, 3.63) is 59.7 Å². The first-order valence-electron chi connectivity index (χ1n) is 8.64. The maximum absolute atomic E-state index is 12.4. The standard InChI is InChI=1S/C20H23N3O2/c1-22(2)16-9-7-15(8-10-16)13-23-12-11-20(14-23)21-19(24)17-5-3-4-6-18(17)25-20/h3-10H,11-14H2,1-2H3,(H,21,24). The molecule has 1 saturated heterocycles. The Kier molecular flexibility index (Phi) is 3.88. The van der Waals surface area contributed by atoms with Crippen LogP contribution in [-0.4, -0.2) is 43.7 Å². The molecule has 0 radical (unpaired) electrons. The quantitative estimate of drug-likeness (QED) is 0.935. The van der Waals surface area contributed by atoms with Gasteiger partial charge in [-0.15, -0.1) is 0 Å². The van der Waals surface area contributed by atoms with Crippen LogP contribution in [0.15, 0.2) is 48.5 Å². The van der Waals surface area contributed by atoms with Gasteiger partial charge in [0.05, 0.1) is 12.1 Å². The molecule has 0 bridgehead atoms. The Bertz CT molecular complexity index is 788. The fourth-order valence-electron chi connectivity index (χ4n) is 3.59. The fraction of sp³-hybridized carbons (Fsp3) is 0.350. The van der Waals surface area contributed by atoms with Crippen molar-refractivity contribution in [3.8, 4) is 5.75 Å². The highest BCUT2D eigenvalue weighted by molar-refractivity contribution is 5.98. The van der Waals surface area contributed by atoms with Crippen LogP contribution in [-0.2, 0) is 6.54 Å². The van der Waals surface area contributed by atoms with Gasteiger partial charge < -0.3 is 15.0 Å². The number of rotatable bonds is 3. The molecular formula is C20H23N3O2. The molecule has 4 rings (SSSR count). The lowest BCUT2D eigenvalue weighted by Crippen LogP contribution is -2.57. The fourth-order valence-corrected chi connectivity index (χ4v) is 3.59. The SMILES string of the molecule is CN(C)c1ccc(CN2CCC3(C2)NC(=O)c2ccccc2O3)cc1. The number of amides is 1. The third-order valence-electron chi connectivity index (χ3n) is 4.95. The number of benzene rings is 2. The highest BCUT2D eigenvalue weighted by Gasteiger charge is 2.45. The molecule has 2 aromatic carbocycles. The number of anilines is 1. The molecule has 5 nitrogen and oxygen atoms in total. The highest BCUT2D eigenvalue weighted by atomic mass is 16.5. The number of hydrogen-bond acceptors (Lipinski definition) is 4.